The van der Waals surface area contributed by atoms with Gasteiger partial charge >= 0.3 is 0 Å². The third-order valence-corrected chi connectivity index (χ3v) is 12.3. The van der Waals surface area contributed by atoms with Crippen LogP contribution in [-0.4, -0.2) is 110 Å². The molecule has 0 atom stereocenters. The number of aliphatic hydroxyl groups excluding tert-OH is 1. The predicted octanol–water partition coefficient (Wildman–Crippen LogP) is 13.3. The lowest BCUT2D eigenvalue weighted by Gasteiger charge is -2.19. The van der Waals surface area contributed by atoms with Crippen molar-refractivity contribution in [2.24, 2.45) is 0 Å². The third kappa shape index (κ3) is 20.8. The molecule has 2 N–H and O–H groups in total. The molecule has 83 heavy (non-hydrogen) atoms. The van der Waals surface area contributed by atoms with E-state index < -0.39 is 6.29 Å². The summed E-state index contributed by atoms with van der Waals surface area (Å²) in [6.07, 6.45) is 3.20. The summed E-state index contributed by atoms with van der Waals surface area (Å²) in [4.78, 5) is 53.0. The number of ether oxygens (including phenoxy) is 9. The number of carbonyl (C=O) groups excluding carboxylic acids is 5. The van der Waals surface area contributed by atoms with E-state index in [4.69, 9.17) is 56.6 Å². The van der Waals surface area contributed by atoms with Crippen molar-refractivity contribution in [2.75, 3.05) is 62.5 Å². The number of methoxy groups -OCH3 is 6. The first kappa shape index (κ1) is 68.8. The highest BCUT2D eigenvalue weighted by Gasteiger charge is 2.16. The normalized spacial score (nSPS) is 10.1. The first-order chi connectivity index (χ1) is 39.8. The Morgan fingerprint density at radius 2 is 0.940 bits per heavy atom. The number of phenolic OH excluding ortho intramolecular Hbond substituents is 1. The molecule has 6 aromatic carbocycles. The van der Waals surface area contributed by atoms with Crippen LogP contribution in [0.3, 0.4) is 0 Å². The van der Waals surface area contributed by atoms with Crippen LogP contribution in [0, 0.1) is 41.5 Å². The first-order valence-corrected chi connectivity index (χ1v) is 26.5. The second-order valence-electron chi connectivity index (χ2n) is 18.0. The standard InChI is InChI=1S/C15H22O5.C11H12O3.C11H10O3.C9H9BrO2.C9H10O3.C9H10O2/c1-5-18-14(19-6-2)10-20-15-12(9-16)7-11(3)8-13(15)17-4;2*1-7-3-8-5-9(6-12)14-11(8)10(4-7)13-2;1-6-3-7(5-11)9(10)8(4-6)12-2;1-6-3-7(5-10)9(11)8(4-6)12-2;1-7-3-8(6-10)5-9(4-7)11-2/h7-9,14H,5-6,10H2,1-4H3;3-5,12H,6H2,1-2H3;3-6H,1-2H3;3-5H,1-2H3;3-5,11H,1-2H3;3-6H,1-2H3. The lowest BCUT2D eigenvalue weighted by atomic mass is 10.1. The molecule has 0 aliphatic heterocycles. The molecule has 0 bridgehead atoms. The number of aliphatic hydroxyl groups is 1. The van der Waals surface area contributed by atoms with Crippen LogP contribution in [0.1, 0.15) is 105 Å². The Balaban J connectivity index is 0.000000264. The van der Waals surface area contributed by atoms with E-state index >= 15 is 0 Å². The average molecular weight is 1210 g/mol. The van der Waals surface area contributed by atoms with Crippen LogP contribution >= 0.6 is 15.9 Å². The van der Waals surface area contributed by atoms with Gasteiger partial charge in [0.15, 0.2) is 82.9 Å². The van der Waals surface area contributed by atoms with Crippen molar-refractivity contribution in [1.82, 2.24) is 0 Å². The Kier molecular flexibility index (Phi) is 29.3. The van der Waals surface area contributed by atoms with Crippen LogP contribution in [0.15, 0.2) is 104 Å². The van der Waals surface area contributed by atoms with Crippen LogP contribution in [0.2, 0.25) is 0 Å². The predicted molar refractivity (Wildman–Crippen MR) is 321 cm³/mol. The minimum atomic E-state index is -0.462. The van der Waals surface area contributed by atoms with Crippen LogP contribution in [0.5, 0.6) is 46.0 Å². The Morgan fingerprint density at radius 1 is 0.482 bits per heavy atom. The van der Waals surface area contributed by atoms with E-state index in [0.29, 0.717) is 104 Å². The van der Waals surface area contributed by atoms with Gasteiger partial charge in [0, 0.05) is 35.1 Å². The fraction of sp³-hybridized carbons (Fsp3) is 0.297. The lowest BCUT2D eigenvalue weighted by Crippen LogP contribution is -2.25. The van der Waals surface area contributed by atoms with Gasteiger partial charge in [0.2, 0.25) is 0 Å². The SMILES string of the molecule is CCOC(COc1c(C=O)cc(C)cc1OC)OCC.COc1cc(C)cc(C=O)c1.COc1cc(C)cc(C=O)c1Br.COc1cc(C)cc(C=O)c1O.COc1cc(C)cc2cc(C=O)oc12.COc1cc(C)cc2cc(CO)oc12. The molecule has 18 nitrogen and oxygen atoms in total. The van der Waals surface area contributed by atoms with Gasteiger partial charge in [0.1, 0.15) is 36.8 Å². The molecule has 19 heteroatoms. The summed E-state index contributed by atoms with van der Waals surface area (Å²) in [6.45, 7) is 16.5. The van der Waals surface area contributed by atoms with Crippen LogP contribution in [0.4, 0.5) is 0 Å². The average Bonchev–Trinajstić information content (AvgIpc) is 4.33. The number of carbonyl (C=O) groups is 5. The van der Waals surface area contributed by atoms with Crippen LogP contribution < -0.4 is 33.2 Å². The number of aryl methyl sites for hydroxylation is 6. The van der Waals surface area contributed by atoms with Crippen molar-refractivity contribution in [3.05, 3.63) is 163 Å². The summed E-state index contributed by atoms with van der Waals surface area (Å²) in [7, 11) is 9.34. The van der Waals surface area contributed by atoms with Crippen LogP contribution in [0.25, 0.3) is 21.9 Å². The molecule has 0 unspecified atom stereocenters. The van der Waals surface area contributed by atoms with Crippen molar-refractivity contribution in [3.63, 3.8) is 0 Å². The third-order valence-electron chi connectivity index (χ3n) is 11.5. The first-order valence-electron chi connectivity index (χ1n) is 25.7. The number of phenols is 1. The van der Waals surface area contributed by atoms with Crippen molar-refractivity contribution >= 4 is 69.3 Å². The van der Waals surface area contributed by atoms with Gasteiger partial charge in [-0.25, -0.2) is 0 Å². The zero-order valence-electron chi connectivity index (χ0n) is 49.3. The molecule has 0 amide bonds. The highest BCUT2D eigenvalue weighted by molar-refractivity contribution is 9.10. The molecule has 2 heterocycles. The molecule has 0 radical (unpaired) electrons. The molecule has 0 aliphatic rings. The second-order valence-corrected chi connectivity index (χ2v) is 18.8. The molecule has 0 fully saturated rings. The number of hydrogen-bond acceptors (Lipinski definition) is 18. The zero-order valence-corrected chi connectivity index (χ0v) is 50.8. The van der Waals surface area contributed by atoms with E-state index in [2.05, 4.69) is 15.9 Å². The molecule has 0 aliphatic carbocycles. The monoisotopic (exact) mass is 1210 g/mol. The Morgan fingerprint density at radius 3 is 1.42 bits per heavy atom. The van der Waals surface area contributed by atoms with Gasteiger partial charge in [-0.2, -0.15) is 0 Å². The van der Waals surface area contributed by atoms with Crippen LogP contribution in [-0.2, 0) is 16.1 Å². The zero-order chi connectivity index (χ0) is 61.8. The van der Waals surface area contributed by atoms with Gasteiger partial charge < -0.3 is 61.7 Å². The van der Waals surface area contributed by atoms with Crippen molar-refractivity contribution in [1.29, 1.82) is 0 Å². The minimum Gasteiger partial charge on any atom is -0.504 e. The molecular formula is C64H73BrO18. The highest BCUT2D eigenvalue weighted by atomic mass is 79.9. The molecule has 0 saturated carbocycles. The molecule has 0 spiro atoms. The number of hydrogen-bond donors (Lipinski definition) is 2. The number of rotatable bonds is 19. The maximum absolute atomic E-state index is 11.1. The van der Waals surface area contributed by atoms with E-state index in [1.807, 2.05) is 110 Å². The summed E-state index contributed by atoms with van der Waals surface area (Å²) in [6, 6.07) is 27.2. The van der Waals surface area contributed by atoms with Gasteiger partial charge in [0.25, 0.3) is 0 Å². The second kappa shape index (κ2) is 35.4. The smallest absolute Gasteiger partial charge is 0.191 e. The Bertz CT molecular complexity index is 3320. The van der Waals surface area contributed by atoms with Crippen molar-refractivity contribution < 1.29 is 85.7 Å². The highest BCUT2D eigenvalue weighted by Crippen LogP contribution is 2.34. The number of furan rings is 2. The minimum absolute atomic E-state index is 0.0864. The van der Waals surface area contributed by atoms with Gasteiger partial charge in [0.05, 0.1) is 58.3 Å². The van der Waals surface area contributed by atoms with E-state index in [9.17, 15) is 29.1 Å². The summed E-state index contributed by atoms with van der Waals surface area (Å²) in [5.41, 5.74) is 9.35. The van der Waals surface area contributed by atoms with E-state index in [1.54, 1.807) is 71.9 Å². The lowest BCUT2D eigenvalue weighted by molar-refractivity contribution is -0.152. The quantitative estimate of drug-likeness (QED) is 0.0565. The molecule has 444 valence electrons. The number of halogens is 1. The summed E-state index contributed by atoms with van der Waals surface area (Å²) in [5, 5.41) is 20.2. The summed E-state index contributed by atoms with van der Waals surface area (Å²) >= 11 is 3.28. The molecular weight excluding hydrogens is 1140 g/mol. The number of fused-ring (bicyclic) bond motifs is 2. The number of benzene rings is 6. The molecule has 8 rings (SSSR count). The van der Waals surface area contributed by atoms with E-state index in [-0.39, 0.29) is 24.5 Å². The largest absolute Gasteiger partial charge is 0.504 e. The fourth-order valence-electron chi connectivity index (χ4n) is 7.85. The molecule has 0 saturated heterocycles. The van der Waals surface area contributed by atoms with Gasteiger partial charge in [-0.3, -0.25) is 24.0 Å². The molecule has 2 aromatic heterocycles. The summed E-state index contributed by atoms with van der Waals surface area (Å²) in [5.74, 6) is 4.84. The van der Waals surface area contributed by atoms with Crippen molar-refractivity contribution in [2.45, 2.75) is 68.3 Å². The fourth-order valence-corrected chi connectivity index (χ4v) is 8.33. The maximum atomic E-state index is 11.1. The number of aromatic hydroxyl groups is 1. The Hall–Kier alpha value is -8.49. The van der Waals surface area contributed by atoms with Gasteiger partial charge in [-0.15, -0.1) is 0 Å². The van der Waals surface area contributed by atoms with Crippen molar-refractivity contribution in [3.8, 4) is 46.0 Å². The van der Waals surface area contributed by atoms with Gasteiger partial charge in [-0.1, -0.05) is 0 Å². The number of aldehydes is 5. The summed E-state index contributed by atoms with van der Waals surface area (Å²) < 4.78 is 58.4. The van der Waals surface area contributed by atoms with Gasteiger partial charge in [-0.05, 0) is 196 Å². The Labute approximate surface area is 492 Å². The topological polar surface area (TPSA) is 235 Å². The molecule has 8 aromatic rings. The van der Waals surface area contributed by atoms with E-state index in [0.717, 1.165) is 68.8 Å². The maximum Gasteiger partial charge on any atom is 0.191 e. The van der Waals surface area contributed by atoms with E-state index in [1.165, 1.54) is 7.11 Å².